The molecule has 2 aromatic carbocycles. The van der Waals surface area contributed by atoms with Gasteiger partial charge in [0.1, 0.15) is 0 Å². The topological polar surface area (TPSA) is 12.0 Å². The van der Waals surface area contributed by atoms with Gasteiger partial charge in [-0.05, 0) is 54.3 Å². The van der Waals surface area contributed by atoms with Crippen molar-refractivity contribution >= 4 is 15.9 Å². The molecule has 0 aromatic heterocycles. The minimum Gasteiger partial charge on any atom is -0.309 e. The number of rotatable bonds is 4. The first-order chi connectivity index (χ1) is 9.52. The molecule has 1 unspecified atom stereocenters. The van der Waals surface area contributed by atoms with Crippen molar-refractivity contribution in [2.45, 2.75) is 32.7 Å². The van der Waals surface area contributed by atoms with E-state index in [1.54, 1.807) is 0 Å². The summed E-state index contributed by atoms with van der Waals surface area (Å²) in [5.41, 5.74) is 5.31. The molecule has 1 nitrogen and oxygen atoms in total. The Morgan fingerprint density at radius 2 is 1.55 bits per heavy atom. The van der Waals surface area contributed by atoms with E-state index in [0.29, 0.717) is 5.92 Å². The highest BCUT2D eigenvalue weighted by atomic mass is 79.9. The third-order valence-electron chi connectivity index (χ3n) is 3.78. The molecule has 0 spiro atoms. The maximum absolute atomic E-state index is 3.57. The van der Waals surface area contributed by atoms with Crippen molar-refractivity contribution in [1.29, 1.82) is 0 Å². The van der Waals surface area contributed by atoms with E-state index in [2.05, 4.69) is 84.5 Å². The number of nitrogens with one attached hydrogen (secondary N) is 1. The van der Waals surface area contributed by atoms with E-state index < -0.39 is 0 Å². The van der Waals surface area contributed by atoms with Crippen LogP contribution in [0.5, 0.6) is 0 Å². The van der Waals surface area contributed by atoms with Crippen LogP contribution in [0.25, 0.3) is 0 Å². The van der Waals surface area contributed by atoms with E-state index in [1.165, 1.54) is 22.3 Å². The van der Waals surface area contributed by atoms with Crippen molar-refractivity contribution in [3.8, 4) is 0 Å². The van der Waals surface area contributed by atoms with E-state index >= 15 is 0 Å². The minimum absolute atomic E-state index is 0.230. The molecule has 0 saturated carbocycles. The second kappa shape index (κ2) is 6.55. The molecule has 1 atom stereocenters. The Kier molecular flexibility index (Phi) is 5.00. The van der Waals surface area contributed by atoms with Gasteiger partial charge in [0.05, 0.1) is 6.04 Å². The normalized spacial score (nSPS) is 12.7. The molecule has 0 bridgehead atoms. The van der Waals surface area contributed by atoms with Gasteiger partial charge in [0.25, 0.3) is 0 Å². The Morgan fingerprint density at radius 3 is 2.10 bits per heavy atom. The first-order valence-corrected chi connectivity index (χ1v) is 7.85. The molecule has 0 heterocycles. The molecule has 0 aliphatic rings. The van der Waals surface area contributed by atoms with E-state index in [1.807, 2.05) is 7.05 Å². The molecule has 106 valence electrons. The van der Waals surface area contributed by atoms with E-state index in [-0.39, 0.29) is 6.04 Å². The predicted octanol–water partition coefficient (Wildman–Crippen LogP) is 5.19. The van der Waals surface area contributed by atoms with Crippen LogP contribution in [0.3, 0.4) is 0 Å². The SMILES string of the molecule is CNC(c1ccc(C(C)C)cc1)c1cc(Br)ccc1C. The lowest BCUT2D eigenvalue weighted by molar-refractivity contribution is 0.686. The molecule has 0 saturated heterocycles. The zero-order valence-corrected chi connectivity index (χ0v) is 14.2. The molecule has 0 radical (unpaired) electrons. The van der Waals surface area contributed by atoms with Crippen LogP contribution in [0, 0.1) is 6.92 Å². The van der Waals surface area contributed by atoms with Crippen molar-refractivity contribution < 1.29 is 0 Å². The van der Waals surface area contributed by atoms with Gasteiger partial charge in [-0.3, -0.25) is 0 Å². The molecule has 0 aliphatic carbocycles. The quantitative estimate of drug-likeness (QED) is 0.812. The Hall–Kier alpha value is -1.12. The summed E-state index contributed by atoms with van der Waals surface area (Å²) < 4.78 is 1.12. The molecule has 1 N–H and O–H groups in total. The fourth-order valence-corrected chi connectivity index (χ4v) is 2.88. The van der Waals surface area contributed by atoms with Crippen LogP contribution in [-0.4, -0.2) is 7.05 Å². The van der Waals surface area contributed by atoms with Crippen LogP contribution in [0.1, 0.15) is 48.1 Å². The first-order valence-electron chi connectivity index (χ1n) is 7.06. The summed E-state index contributed by atoms with van der Waals surface area (Å²) in [5.74, 6) is 0.574. The highest BCUT2D eigenvalue weighted by Gasteiger charge is 2.14. The standard InChI is InChI=1S/C18H22BrN/c1-12(2)14-6-8-15(9-7-14)18(20-4)17-11-16(19)10-5-13(17)3/h5-12,18,20H,1-4H3. The zero-order valence-electron chi connectivity index (χ0n) is 12.6. The van der Waals surface area contributed by atoms with Crippen molar-refractivity contribution in [1.82, 2.24) is 5.32 Å². The van der Waals surface area contributed by atoms with Crippen molar-refractivity contribution in [2.75, 3.05) is 7.05 Å². The van der Waals surface area contributed by atoms with E-state index in [4.69, 9.17) is 0 Å². The number of benzene rings is 2. The summed E-state index contributed by atoms with van der Waals surface area (Å²) in [6.45, 7) is 6.61. The lowest BCUT2D eigenvalue weighted by Crippen LogP contribution is -2.18. The Morgan fingerprint density at radius 1 is 0.950 bits per heavy atom. The Bertz CT molecular complexity index is 572. The number of hydrogen-bond donors (Lipinski definition) is 1. The Labute approximate surface area is 130 Å². The molecule has 20 heavy (non-hydrogen) atoms. The van der Waals surface area contributed by atoms with Gasteiger partial charge in [0.2, 0.25) is 0 Å². The third kappa shape index (κ3) is 3.31. The molecule has 2 aromatic rings. The summed E-state index contributed by atoms with van der Waals surface area (Å²) in [6.07, 6.45) is 0. The lowest BCUT2D eigenvalue weighted by atomic mass is 9.93. The molecule has 2 rings (SSSR count). The average Bonchev–Trinajstić information content (AvgIpc) is 2.44. The number of aryl methyl sites for hydroxylation is 1. The molecular weight excluding hydrogens is 310 g/mol. The number of halogens is 1. The fourth-order valence-electron chi connectivity index (χ4n) is 2.50. The first kappa shape index (κ1) is 15.3. The van der Waals surface area contributed by atoms with Gasteiger partial charge in [-0.25, -0.2) is 0 Å². The van der Waals surface area contributed by atoms with Crippen molar-refractivity contribution in [2.24, 2.45) is 0 Å². The maximum Gasteiger partial charge on any atom is 0.0577 e. The molecular formula is C18H22BrN. The van der Waals surface area contributed by atoms with E-state index in [0.717, 1.165) is 4.47 Å². The second-order valence-corrected chi connectivity index (χ2v) is 6.46. The van der Waals surface area contributed by atoms with Gasteiger partial charge in [-0.1, -0.05) is 60.1 Å². The highest BCUT2D eigenvalue weighted by Crippen LogP contribution is 2.28. The minimum atomic E-state index is 0.230. The van der Waals surface area contributed by atoms with E-state index in [9.17, 15) is 0 Å². The van der Waals surface area contributed by atoms with Gasteiger partial charge in [0.15, 0.2) is 0 Å². The van der Waals surface area contributed by atoms with Crippen LogP contribution in [0.2, 0.25) is 0 Å². The van der Waals surface area contributed by atoms with Gasteiger partial charge in [0, 0.05) is 4.47 Å². The zero-order chi connectivity index (χ0) is 14.7. The summed E-state index contributed by atoms with van der Waals surface area (Å²) in [5, 5.41) is 3.43. The van der Waals surface area contributed by atoms with Crippen LogP contribution in [0.15, 0.2) is 46.9 Å². The van der Waals surface area contributed by atoms with Crippen LogP contribution in [0.4, 0.5) is 0 Å². The monoisotopic (exact) mass is 331 g/mol. The van der Waals surface area contributed by atoms with Gasteiger partial charge < -0.3 is 5.32 Å². The predicted molar refractivity (Wildman–Crippen MR) is 90.3 cm³/mol. The van der Waals surface area contributed by atoms with Crippen LogP contribution in [-0.2, 0) is 0 Å². The highest BCUT2D eigenvalue weighted by molar-refractivity contribution is 9.10. The average molecular weight is 332 g/mol. The van der Waals surface area contributed by atoms with Crippen molar-refractivity contribution in [3.05, 3.63) is 69.2 Å². The largest absolute Gasteiger partial charge is 0.309 e. The van der Waals surface area contributed by atoms with Gasteiger partial charge in [-0.2, -0.15) is 0 Å². The van der Waals surface area contributed by atoms with Crippen LogP contribution >= 0.6 is 15.9 Å². The summed E-state index contributed by atoms with van der Waals surface area (Å²) in [6, 6.07) is 15.6. The summed E-state index contributed by atoms with van der Waals surface area (Å²) >= 11 is 3.57. The van der Waals surface area contributed by atoms with Gasteiger partial charge >= 0.3 is 0 Å². The number of hydrogen-bond acceptors (Lipinski definition) is 1. The second-order valence-electron chi connectivity index (χ2n) is 5.54. The third-order valence-corrected chi connectivity index (χ3v) is 4.27. The van der Waals surface area contributed by atoms with Crippen LogP contribution < -0.4 is 5.32 Å². The molecule has 0 aliphatic heterocycles. The molecule has 0 fully saturated rings. The summed E-state index contributed by atoms with van der Waals surface area (Å²) in [7, 11) is 2.02. The van der Waals surface area contributed by atoms with Gasteiger partial charge in [-0.15, -0.1) is 0 Å². The smallest absolute Gasteiger partial charge is 0.0577 e. The van der Waals surface area contributed by atoms with Crippen molar-refractivity contribution in [3.63, 3.8) is 0 Å². The Balaban J connectivity index is 2.39. The fraction of sp³-hybridized carbons (Fsp3) is 0.333. The molecule has 0 amide bonds. The lowest BCUT2D eigenvalue weighted by Gasteiger charge is -2.20. The summed E-state index contributed by atoms with van der Waals surface area (Å²) in [4.78, 5) is 0. The molecule has 2 heteroatoms. The maximum atomic E-state index is 3.57.